The minimum atomic E-state index is -0.859. The summed E-state index contributed by atoms with van der Waals surface area (Å²) in [7, 11) is 0. The summed E-state index contributed by atoms with van der Waals surface area (Å²) in [6, 6.07) is 15.1. The van der Waals surface area contributed by atoms with Gasteiger partial charge < -0.3 is 20.1 Å². The molecule has 2 N–H and O–H groups in total. The molecule has 182 valence electrons. The molecule has 35 heavy (non-hydrogen) atoms. The number of benzene rings is 2. The molecule has 2 aliphatic heterocycles. The molecule has 0 aromatic heterocycles. The maximum atomic E-state index is 13.4. The van der Waals surface area contributed by atoms with Crippen molar-refractivity contribution in [2.24, 2.45) is 5.92 Å². The molecule has 2 aromatic carbocycles. The van der Waals surface area contributed by atoms with Gasteiger partial charge in [-0.2, -0.15) is 0 Å². The number of rotatable bonds is 8. The number of carboxylic acid groups (broad SMARTS) is 1. The smallest absolute Gasteiger partial charge is 0.407 e. The Morgan fingerprint density at radius 2 is 1.74 bits per heavy atom. The van der Waals surface area contributed by atoms with Gasteiger partial charge in [-0.05, 0) is 54.4 Å². The normalized spacial score (nSPS) is 22.9. The van der Waals surface area contributed by atoms with E-state index >= 15 is 0 Å². The summed E-state index contributed by atoms with van der Waals surface area (Å²) in [5.41, 5.74) is 4.53. The summed E-state index contributed by atoms with van der Waals surface area (Å²) in [4.78, 5) is 39.6. The second-order valence-electron chi connectivity index (χ2n) is 9.61. The molecule has 4 atom stereocenters. The molecule has 7 nitrogen and oxygen atoms in total. The average Bonchev–Trinajstić information content (AvgIpc) is 3.54. The van der Waals surface area contributed by atoms with Crippen LogP contribution in [0.15, 0.2) is 61.2 Å². The van der Waals surface area contributed by atoms with Gasteiger partial charge in [0, 0.05) is 18.0 Å². The number of nitrogens with one attached hydrogen (secondary N) is 1. The second-order valence-corrected chi connectivity index (χ2v) is 9.61. The van der Waals surface area contributed by atoms with Gasteiger partial charge in [0.25, 0.3) is 0 Å². The van der Waals surface area contributed by atoms with Gasteiger partial charge in [0.15, 0.2) is 0 Å². The van der Waals surface area contributed by atoms with Crippen molar-refractivity contribution in [1.29, 1.82) is 0 Å². The molecule has 0 saturated carbocycles. The number of carbonyl (C=O) groups is 3. The average molecular weight is 475 g/mol. The summed E-state index contributed by atoms with van der Waals surface area (Å²) >= 11 is 0. The highest BCUT2D eigenvalue weighted by Gasteiger charge is 2.52. The minimum Gasteiger partial charge on any atom is -0.481 e. The second kappa shape index (κ2) is 9.56. The first-order valence-corrected chi connectivity index (χ1v) is 12.3. The van der Waals surface area contributed by atoms with Crippen LogP contribution in [-0.2, 0) is 14.3 Å². The van der Waals surface area contributed by atoms with Crippen LogP contribution in [0.2, 0.25) is 0 Å². The van der Waals surface area contributed by atoms with E-state index in [0.29, 0.717) is 25.7 Å². The number of aliphatic carboxylic acids is 1. The number of alkyl carbamates (subject to hydrolysis) is 1. The van der Waals surface area contributed by atoms with Gasteiger partial charge in [0.05, 0.1) is 5.92 Å². The molecule has 5 rings (SSSR count). The zero-order chi connectivity index (χ0) is 24.5. The van der Waals surface area contributed by atoms with E-state index in [1.165, 1.54) is 0 Å². The fourth-order valence-corrected chi connectivity index (χ4v) is 6.10. The van der Waals surface area contributed by atoms with Crippen molar-refractivity contribution in [2.45, 2.75) is 56.1 Å². The molecule has 2 heterocycles. The van der Waals surface area contributed by atoms with Crippen LogP contribution in [0, 0.1) is 5.92 Å². The van der Waals surface area contributed by atoms with E-state index in [1.807, 2.05) is 24.3 Å². The van der Waals surface area contributed by atoms with Crippen LogP contribution in [0.5, 0.6) is 0 Å². The lowest BCUT2D eigenvalue weighted by molar-refractivity contribution is -0.143. The van der Waals surface area contributed by atoms with Crippen LogP contribution in [0.4, 0.5) is 4.79 Å². The molecule has 1 aliphatic carbocycles. The first kappa shape index (κ1) is 23.1. The van der Waals surface area contributed by atoms with E-state index in [1.54, 1.807) is 11.0 Å². The summed E-state index contributed by atoms with van der Waals surface area (Å²) in [5, 5.41) is 12.3. The summed E-state index contributed by atoms with van der Waals surface area (Å²) in [6.07, 6.45) is 3.97. The maximum absolute atomic E-state index is 13.4. The van der Waals surface area contributed by atoms with Crippen LogP contribution in [0.1, 0.15) is 49.1 Å². The third-order valence-electron chi connectivity index (χ3n) is 7.70. The first-order chi connectivity index (χ1) is 17.0. The fourth-order valence-electron chi connectivity index (χ4n) is 6.10. The van der Waals surface area contributed by atoms with Crippen molar-refractivity contribution in [2.75, 3.05) is 6.61 Å². The highest BCUT2D eigenvalue weighted by molar-refractivity contribution is 5.88. The number of fused-ring (bicyclic) bond motifs is 5. The van der Waals surface area contributed by atoms with Crippen molar-refractivity contribution in [3.05, 3.63) is 72.3 Å². The Bertz CT molecular complexity index is 1120. The molecular weight excluding hydrogens is 444 g/mol. The molecule has 2 bridgehead atoms. The highest BCUT2D eigenvalue weighted by atomic mass is 16.5. The summed E-state index contributed by atoms with van der Waals surface area (Å²) in [6.45, 7) is 3.90. The predicted molar refractivity (Wildman–Crippen MR) is 131 cm³/mol. The van der Waals surface area contributed by atoms with Gasteiger partial charge in [-0.1, -0.05) is 54.6 Å². The van der Waals surface area contributed by atoms with Gasteiger partial charge in [-0.15, -0.1) is 6.58 Å². The lowest BCUT2D eigenvalue weighted by atomic mass is 9.89. The SMILES string of the molecule is C=CCCC(NC(=O)OCC1c2ccccc2-c2ccccc21)C(=O)N1C2CCC1C(C(=O)O)C2. The Labute approximate surface area is 204 Å². The lowest BCUT2D eigenvalue weighted by Crippen LogP contribution is -2.51. The number of carboxylic acids is 1. The van der Waals surface area contributed by atoms with Crippen LogP contribution in [0.25, 0.3) is 11.1 Å². The standard InChI is InChI=1S/C28H30N2O5/c1-2-3-12-24(26(31)30-17-13-14-25(30)22(15-17)27(32)33)29-28(34)35-16-23-20-10-6-4-8-18(20)19-9-5-7-11-21(19)23/h2,4-11,17,22-25H,1,3,12-16H2,(H,29,34)(H,32,33). The predicted octanol–water partition coefficient (Wildman–Crippen LogP) is 4.32. The molecule has 2 amide bonds. The zero-order valence-corrected chi connectivity index (χ0v) is 19.6. The molecule has 3 aliphatic rings. The van der Waals surface area contributed by atoms with Gasteiger partial charge in [0.1, 0.15) is 12.6 Å². The minimum absolute atomic E-state index is 0.0683. The van der Waals surface area contributed by atoms with Gasteiger partial charge in [-0.25, -0.2) is 4.79 Å². The molecule has 4 unspecified atom stereocenters. The lowest BCUT2D eigenvalue weighted by Gasteiger charge is -2.28. The number of amides is 2. The largest absolute Gasteiger partial charge is 0.481 e. The van der Waals surface area contributed by atoms with Crippen LogP contribution in [-0.4, -0.2) is 52.7 Å². The Balaban J connectivity index is 1.27. The molecular formula is C28H30N2O5. The van der Waals surface area contributed by atoms with Crippen LogP contribution >= 0.6 is 0 Å². The van der Waals surface area contributed by atoms with E-state index in [-0.39, 0.29) is 30.5 Å². The molecule has 2 aromatic rings. The van der Waals surface area contributed by atoms with Crippen molar-refractivity contribution in [3.63, 3.8) is 0 Å². The monoisotopic (exact) mass is 474 g/mol. The quantitative estimate of drug-likeness (QED) is 0.556. The van der Waals surface area contributed by atoms with E-state index in [9.17, 15) is 19.5 Å². The third kappa shape index (κ3) is 4.20. The first-order valence-electron chi connectivity index (χ1n) is 12.3. The third-order valence-corrected chi connectivity index (χ3v) is 7.70. The van der Waals surface area contributed by atoms with Crippen molar-refractivity contribution >= 4 is 18.0 Å². The van der Waals surface area contributed by atoms with Crippen molar-refractivity contribution in [3.8, 4) is 11.1 Å². The van der Waals surface area contributed by atoms with Gasteiger partial charge in [-0.3, -0.25) is 9.59 Å². The Hall–Kier alpha value is -3.61. The number of carbonyl (C=O) groups excluding carboxylic acids is 2. The van der Waals surface area contributed by atoms with E-state index < -0.39 is 24.0 Å². The number of hydrogen-bond acceptors (Lipinski definition) is 4. The number of ether oxygens (including phenoxy) is 1. The number of hydrogen-bond donors (Lipinski definition) is 2. The molecule has 7 heteroatoms. The molecule has 0 radical (unpaired) electrons. The zero-order valence-electron chi connectivity index (χ0n) is 19.6. The van der Waals surface area contributed by atoms with Gasteiger partial charge in [0.2, 0.25) is 5.91 Å². The summed E-state index contributed by atoms with van der Waals surface area (Å²) < 4.78 is 5.65. The van der Waals surface area contributed by atoms with Crippen LogP contribution < -0.4 is 5.32 Å². The van der Waals surface area contributed by atoms with Crippen LogP contribution in [0.3, 0.4) is 0 Å². The number of nitrogens with zero attached hydrogens (tertiary/aromatic N) is 1. The highest BCUT2D eigenvalue weighted by Crippen LogP contribution is 2.45. The Morgan fingerprint density at radius 1 is 1.09 bits per heavy atom. The fraction of sp³-hybridized carbons (Fsp3) is 0.393. The Kier molecular flexibility index (Phi) is 6.32. The Morgan fingerprint density at radius 3 is 2.34 bits per heavy atom. The van der Waals surface area contributed by atoms with Gasteiger partial charge >= 0.3 is 12.1 Å². The maximum Gasteiger partial charge on any atom is 0.407 e. The summed E-state index contributed by atoms with van der Waals surface area (Å²) in [5.74, 6) is -1.69. The topological polar surface area (TPSA) is 95.9 Å². The molecule has 2 fully saturated rings. The van der Waals surface area contributed by atoms with Crippen molar-refractivity contribution in [1.82, 2.24) is 10.2 Å². The van der Waals surface area contributed by atoms with Crippen molar-refractivity contribution < 1.29 is 24.2 Å². The molecule has 0 spiro atoms. The van der Waals surface area contributed by atoms with E-state index in [4.69, 9.17) is 4.74 Å². The number of allylic oxidation sites excluding steroid dienone is 1. The molecule has 2 saturated heterocycles. The van der Waals surface area contributed by atoms with E-state index in [2.05, 4.69) is 36.2 Å². The van der Waals surface area contributed by atoms with E-state index in [0.717, 1.165) is 28.7 Å².